The topological polar surface area (TPSA) is 228 Å². The van der Waals surface area contributed by atoms with Gasteiger partial charge in [-0.25, -0.2) is 14.4 Å². The highest BCUT2D eigenvalue weighted by Gasteiger charge is 2.43. The van der Waals surface area contributed by atoms with Gasteiger partial charge in [-0.15, -0.1) is 0 Å². The van der Waals surface area contributed by atoms with E-state index >= 15 is 0 Å². The lowest BCUT2D eigenvalue weighted by Crippen LogP contribution is -2.56. The van der Waals surface area contributed by atoms with Gasteiger partial charge in [0.25, 0.3) is 0 Å². The number of nitrogens with two attached hydrogens (primary N) is 1. The maximum absolute atomic E-state index is 14.7. The Morgan fingerprint density at radius 2 is 1.31 bits per heavy atom. The van der Waals surface area contributed by atoms with Gasteiger partial charge in [-0.3, -0.25) is 9.59 Å². The van der Waals surface area contributed by atoms with E-state index in [9.17, 15) is 34.2 Å². The molecule has 1 aliphatic heterocycles. The van der Waals surface area contributed by atoms with Gasteiger partial charge in [0.1, 0.15) is 29.2 Å². The van der Waals surface area contributed by atoms with E-state index in [2.05, 4.69) is 49.8 Å². The van der Waals surface area contributed by atoms with Gasteiger partial charge < -0.3 is 55.4 Å². The van der Waals surface area contributed by atoms with Gasteiger partial charge in [-0.05, 0) is 111 Å². The number of hydrogen-bond acceptors (Lipinski definition) is 10. The quantitative estimate of drug-likeness (QED) is 0.0563. The number of carbonyl (C=O) groups excluding carboxylic acids is 4. The van der Waals surface area contributed by atoms with Crippen LogP contribution in [0.15, 0.2) is 78.9 Å². The highest BCUT2D eigenvalue weighted by molar-refractivity contribution is 6.74. The first-order valence-corrected chi connectivity index (χ1v) is 27.2. The second-order valence-corrected chi connectivity index (χ2v) is 26.0. The summed E-state index contributed by atoms with van der Waals surface area (Å²) in [4.78, 5) is 66.8. The number of benzene rings is 3. The molecule has 0 saturated carbocycles. The third kappa shape index (κ3) is 20.7. The lowest BCUT2D eigenvalue weighted by Gasteiger charge is -2.42. The van der Waals surface area contributed by atoms with Crippen molar-refractivity contribution in [3.8, 4) is 11.5 Å². The third-order valence-electron chi connectivity index (χ3n) is 12.1. The number of carboxylic acids is 1. The summed E-state index contributed by atoms with van der Waals surface area (Å²) in [6, 6.07) is 20.1. The zero-order valence-corrected chi connectivity index (χ0v) is 44.5. The number of phenols is 1. The first kappa shape index (κ1) is 58.7. The lowest BCUT2D eigenvalue weighted by molar-refractivity contribution is -0.142. The van der Waals surface area contributed by atoms with Crippen LogP contribution in [0.3, 0.4) is 0 Å². The van der Waals surface area contributed by atoms with Crippen LogP contribution in [0.1, 0.15) is 92.3 Å². The molecule has 17 heteroatoms. The van der Waals surface area contributed by atoms with E-state index in [1.807, 2.05) is 44.2 Å². The molecular formula is C53H81N5O11Si. The Morgan fingerprint density at radius 3 is 1.81 bits per heavy atom. The number of ether oxygens (including phenoxy) is 3. The number of alkyl carbamates (subject to hydrolysis) is 1. The Morgan fingerprint density at radius 1 is 0.757 bits per heavy atom. The molecule has 1 aliphatic rings. The highest BCUT2D eigenvalue weighted by Crippen LogP contribution is 2.39. The normalized spacial score (nSPS) is 15.3. The number of hydrogen-bond donors (Lipinski definition) is 6. The van der Waals surface area contributed by atoms with E-state index in [1.54, 1.807) is 88.0 Å². The molecule has 1 heterocycles. The number of nitrogens with one attached hydrogen (secondary N) is 3. The minimum Gasteiger partial charge on any atom is -0.508 e. The van der Waals surface area contributed by atoms with Crippen molar-refractivity contribution in [2.75, 3.05) is 32.9 Å². The summed E-state index contributed by atoms with van der Waals surface area (Å²) in [5.41, 5.74) is 6.64. The molecule has 0 bridgehead atoms. The first-order chi connectivity index (χ1) is 32.6. The number of primary amides is 1. The Labute approximate surface area is 416 Å². The Hall–Kier alpha value is -5.65. The van der Waals surface area contributed by atoms with E-state index in [1.165, 1.54) is 0 Å². The maximum Gasteiger partial charge on any atom is 0.407 e. The van der Waals surface area contributed by atoms with Crippen LogP contribution in [-0.2, 0) is 47.5 Å². The van der Waals surface area contributed by atoms with E-state index < -0.39 is 73.9 Å². The molecule has 4 unspecified atom stereocenters. The number of phenolic OH excluding ortho intramolecular Hbond substituents is 1. The van der Waals surface area contributed by atoms with Gasteiger partial charge in [0.15, 0.2) is 8.32 Å². The molecule has 4 rings (SSSR count). The number of urea groups is 1. The number of nitrogens with zero attached hydrogens (tertiary/aromatic N) is 1. The van der Waals surface area contributed by atoms with Gasteiger partial charge in [0.05, 0.1) is 32.0 Å². The van der Waals surface area contributed by atoms with Crippen molar-refractivity contribution in [1.29, 1.82) is 0 Å². The smallest absolute Gasteiger partial charge is 0.407 e. The summed E-state index contributed by atoms with van der Waals surface area (Å²) < 4.78 is 23.7. The molecule has 16 nitrogen and oxygen atoms in total. The van der Waals surface area contributed by atoms with Crippen LogP contribution in [0.25, 0.3) is 0 Å². The summed E-state index contributed by atoms with van der Waals surface area (Å²) in [5.74, 6) is -2.39. The number of morpholine rings is 1. The number of amides is 5. The average molecular weight is 992 g/mol. The first-order valence-electron chi connectivity index (χ1n) is 24.3. The molecule has 3 aromatic rings. The number of rotatable bonds is 21. The fourth-order valence-corrected chi connectivity index (χ4v) is 8.57. The Bertz CT molecular complexity index is 2100. The van der Waals surface area contributed by atoms with Crippen LogP contribution in [0.2, 0.25) is 18.1 Å². The minimum absolute atomic E-state index is 0.0215. The van der Waals surface area contributed by atoms with Gasteiger partial charge in [0.2, 0.25) is 11.8 Å². The average Bonchev–Trinajstić information content (AvgIpc) is 3.27. The SMILES string of the molecule is CC(C)COc1ccc(C[C@H](NC(=O)C(NC(=O)C(Cc2ccc(O)cc2)CC(O[Si](C)(C)C(C)(C)C)C(Cc2ccccc2)NC(=O)OC(C)(C)C)C(C)C)C(=O)O)cc1.NC(=O)N1CCOCC1. The summed E-state index contributed by atoms with van der Waals surface area (Å²) in [5, 5.41) is 28.8. The summed E-state index contributed by atoms with van der Waals surface area (Å²) in [6.07, 6.45) is -0.534. The van der Waals surface area contributed by atoms with Crippen LogP contribution < -0.4 is 26.4 Å². The van der Waals surface area contributed by atoms with Gasteiger partial charge in [-0.2, -0.15) is 0 Å². The van der Waals surface area contributed by atoms with Crippen molar-refractivity contribution < 1.29 is 52.8 Å². The second-order valence-electron chi connectivity index (χ2n) is 21.3. The van der Waals surface area contributed by atoms with E-state index in [-0.39, 0.29) is 36.1 Å². The van der Waals surface area contributed by atoms with Crippen LogP contribution in [0, 0.1) is 17.8 Å². The van der Waals surface area contributed by atoms with Crippen LogP contribution in [-0.4, -0.2) is 116 Å². The zero-order chi connectivity index (χ0) is 52.4. The number of aliphatic carboxylic acids is 1. The largest absolute Gasteiger partial charge is 0.508 e. The lowest BCUT2D eigenvalue weighted by atomic mass is 9.88. The molecule has 0 radical (unpaired) electrons. The Balaban J connectivity index is 0.00000129. The van der Waals surface area contributed by atoms with Gasteiger partial charge in [-0.1, -0.05) is 103 Å². The van der Waals surface area contributed by atoms with Crippen molar-refractivity contribution >= 4 is 38.2 Å². The number of carbonyl (C=O) groups is 5. The summed E-state index contributed by atoms with van der Waals surface area (Å²) >= 11 is 0. The van der Waals surface area contributed by atoms with Crippen LogP contribution >= 0.6 is 0 Å². The monoisotopic (exact) mass is 992 g/mol. The molecular weight excluding hydrogens is 911 g/mol. The van der Waals surface area contributed by atoms with Gasteiger partial charge in [0, 0.05) is 25.4 Å². The fourth-order valence-electron chi connectivity index (χ4n) is 7.20. The predicted molar refractivity (Wildman–Crippen MR) is 274 cm³/mol. The molecule has 7 N–H and O–H groups in total. The molecule has 0 aromatic heterocycles. The maximum atomic E-state index is 14.7. The van der Waals surface area contributed by atoms with E-state index in [0.717, 1.165) is 11.1 Å². The zero-order valence-electron chi connectivity index (χ0n) is 43.5. The standard InChI is InChI=1S/C48H71N3O9Si.C5H10N2O2/c1-31(2)30-58-38-24-20-35(21-25-38)28-40(45(55)56)49-44(54)42(32(3)4)51-43(53)36(26-34-18-22-37(52)23-19-34)29-41(60-61(11,12)48(8,9)10)39(27-33-16-14-13-15-17-33)50-46(57)59-47(5,6)7;6-5(8)7-1-3-9-4-2-7/h13-25,31-32,36,39-42,52H,26-30H2,1-12H3,(H,49,54)(H,50,57)(H,51,53)(H,55,56);1-4H2,(H2,6,8)/t36?,39?,40-,41?,42?;/m0./s1. The molecule has 388 valence electrons. The molecule has 0 aliphatic carbocycles. The second kappa shape index (κ2) is 27.1. The molecule has 1 fully saturated rings. The van der Waals surface area contributed by atoms with Crippen molar-refractivity contribution in [3.63, 3.8) is 0 Å². The minimum atomic E-state index is -2.57. The van der Waals surface area contributed by atoms with E-state index in [0.29, 0.717) is 56.6 Å². The van der Waals surface area contributed by atoms with Crippen molar-refractivity contribution in [2.24, 2.45) is 23.5 Å². The van der Waals surface area contributed by atoms with Crippen LogP contribution in [0.5, 0.6) is 11.5 Å². The molecule has 0 spiro atoms. The molecule has 1 saturated heterocycles. The number of aromatic hydroxyl groups is 1. The molecule has 5 amide bonds. The van der Waals surface area contributed by atoms with Gasteiger partial charge >= 0.3 is 18.1 Å². The number of carboxylic acid groups (broad SMARTS) is 1. The summed E-state index contributed by atoms with van der Waals surface area (Å²) in [7, 11) is -2.57. The van der Waals surface area contributed by atoms with E-state index in [4.69, 9.17) is 24.4 Å². The van der Waals surface area contributed by atoms with Crippen molar-refractivity contribution in [2.45, 2.75) is 143 Å². The van der Waals surface area contributed by atoms with Crippen molar-refractivity contribution in [3.05, 3.63) is 95.6 Å². The highest BCUT2D eigenvalue weighted by atomic mass is 28.4. The summed E-state index contributed by atoms with van der Waals surface area (Å²) in [6.45, 7) is 26.7. The molecule has 70 heavy (non-hydrogen) atoms. The molecule has 3 aromatic carbocycles. The predicted octanol–water partition coefficient (Wildman–Crippen LogP) is 7.85. The fraction of sp³-hybridized carbons (Fsp3) is 0.566. The third-order valence-corrected chi connectivity index (χ3v) is 16.6. The Kier molecular flexibility index (Phi) is 22.7. The molecule has 5 atom stereocenters. The van der Waals surface area contributed by atoms with Crippen LogP contribution in [0.4, 0.5) is 9.59 Å². The van der Waals surface area contributed by atoms with Crippen molar-refractivity contribution in [1.82, 2.24) is 20.9 Å².